The Bertz CT molecular complexity index is 493. The molecule has 3 atom stereocenters. The minimum atomic E-state index is -0.722. The van der Waals surface area contributed by atoms with Gasteiger partial charge in [0.15, 0.2) is 0 Å². The molecule has 0 radical (unpaired) electrons. The Kier molecular flexibility index (Phi) is 2.09. The van der Waals surface area contributed by atoms with Crippen molar-refractivity contribution < 1.29 is 14.3 Å². The molecule has 17 heavy (non-hydrogen) atoms. The molecule has 2 nitrogen and oxygen atoms in total. The van der Waals surface area contributed by atoms with Crippen LogP contribution >= 0.6 is 0 Å². The van der Waals surface area contributed by atoms with Crippen LogP contribution in [0.3, 0.4) is 0 Å². The summed E-state index contributed by atoms with van der Waals surface area (Å²) in [5.41, 5.74) is 1.21. The largest absolute Gasteiger partial charge is 0.481 e. The monoisotopic (exact) mass is 234 g/mol. The van der Waals surface area contributed by atoms with Crippen molar-refractivity contribution in [3.63, 3.8) is 0 Å². The van der Waals surface area contributed by atoms with Crippen molar-refractivity contribution in [3.05, 3.63) is 35.1 Å². The minimum absolute atomic E-state index is 0.226. The number of fused-ring (bicyclic) bond motifs is 1. The predicted molar refractivity (Wildman–Crippen MR) is 61.3 cm³/mol. The fourth-order valence-corrected chi connectivity index (χ4v) is 3.75. The number of carboxylic acid groups (broad SMARTS) is 1. The third kappa shape index (κ3) is 1.28. The van der Waals surface area contributed by atoms with Gasteiger partial charge in [0, 0.05) is 5.41 Å². The molecule has 0 saturated heterocycles. The van der Waals surface area contributed by atoms with Gasteiger partial charge in [0.05, 0.1) is 5.92 Å². The molecule has 1 aromatic carbocycles. The number of carboxylic acids is 1. The van der Waals surface area contributed by atoms with Crippen LogP contribution in [0.25, 0.3) is 0 Å². The van der Waals surface area contributed by atoms with Crippen LogP contribution < -0.4 is 0 Å². The number of rotatable bonds is 2. The molecule has 3 heteroatoms. The first-order valence-electron chi connectivity index (χ1n) is 6.04. The van der Waals surface area contributed by atoms with E-state index in [9.17, 15) is 14.3 Å². The zero-order valence-electron chi connectivity index (χ0n) is 9.74. The zero-order valence-corrected chi connectivity index (χ0v) is 9.74. The lowest BCUT2D eigenvalue weighted by molar-refractivity contribution is -0.150. The van der Waals surface area contributed by atoms with E-state index >= 15 is 0 Å². The quantitative estimate of drug-likeness (QED) is 0.854. The van der Waals surface area contributed by atoms with E-state index in [-0.39, 0.29) is 17.2 Å². The van der Waals surface area contributed by atoms with E-state index in [1.807, 2.05) is 6.07 Å². The maximum Gasteiger partial charge on any atom is 0.307 e. The Labute approximate surface area is 99.5 Å². The van der Waals surface area contributed by atoms with Crippen LogP contribution in [-0.4, -0.2) is 11.1 Å². The fraction of sp³-hybridized carbons (Fsp3) is 0.500. The van der Waals surface area contributed by atoms with Crippen LogP contribution in [0.15, 0.2) is 18.2 Å². The average Bonchev–Trinajstić information content (AvgIpc) is 2.80. The molecule has 0 aliphatic heterocycles. The van der Waals surface area contributed by atoms with Crippen molar-refractivity contribution in [1.82, 2.24) is 0 Å². The SMILES string of the molecule is Cc1ccc(C23CCC(C2)C3C(=O)O)cc1F. The second kappa shape index (κ2) is 3.31. The number of aliphatic carboxylic acids is 1. The van der Waals surface area contributed by atoms with Crippen molar-refractivity contribution in [1.29, 1.82) is 0 Å². The predicted octanol–water partition coefficient (Wildman–Crippen LogP) is 2.89. The van der Waals surface area contributed by atoms with Crippen molar-refractivity contribution in [3.8, 4) is 0 Å². The zero-order chi connectivity index (χ0) is 12.2. The topological polar surface area (TPSA) is 37.3 Å². The summed E-state index contributed by atoms with van der Waals surface area (Å²) in [6.07, 6.45) is 2.76. The van der Waals surface area contributed by atoms with E-state index in [1.165, 1.54) is 6.07 Å². The van der Waals surface area contributed by atoms with E-state index in [1.54, 1.807) is 13.0 Å². The Morgan fingerprint density at radius 3 is 2.88 bits per heavy atom. The molecule has 0 spiro atoms. The number of hydrogen-bond donors (Lipinski definition) is 1. The average molecular weight is 234 g/mol. The molecule has 0 heterocycles. The van der Waals surface area contributed by atoms with E-state index in [0.717, 1.165) is 24.8 Å². The van der Waals surface area contributed by atoms with Crippen molar-refractivity contribution in [2.45, 2.75) is 31.6 Å². The first kappa shape index (κ1) is 10.8. The van der Waals surface area contributed by atoms with Gasteiger partial charge in [-0.1, -0.05) is 12.1 Å². The highest BCUT2D eigenvalue weighted by Gasteiger charge is 2.62. The summed E-state index contributed by atoms with van der Waals surface area (Å²) in [5.74, 6) is -0.947. The summed E-state index contributed by atoms with van der Waals surface area (Å²) in [7, 11) is 0. The second-order valence-corrected chi connectivity index (χ2v) is 5.44. The number of carbonyl (C=O) groups is 1. The van der Waals surface area contributed by atoms with Crippen LogP contribution in [0.5, 0.6) is 0 Å². The molecule has 3 unspecified atom stereocenters. The van der Waals surface area contributed by atoms with Crippen molar-refractivity contribution in [2.24, 2.45) is 11.8 Å². The molecule has 1 N–H and O–H groups in total. The molecular weight excluding hydrogens is 219 g/mol. The van der Waals surface area contributed by atoms with Gasteiger partial charge in [-0.15, -0.1) is 0 Å². The summed E-state index contributed by atoms with van der Waals surface area (Å²) < 4.78 is 13.6. The van der Waals surface area contributed by atoms with Gasteiger partial charge in [0.25, 0.3) is 0 Å². The van der Waals surface area contributed by atoms with Gasteiger partial charge in [-0.2, -0.15) is 0 Å². The Balaban J connectivity index is 2.03. The maximum absolute atomic E-state index is 13.6. The molecule has 0 aromatic heterocycles. The number of hydrogen-bond acceptors (Lipinski definition) is 1. The fourth-order valence-electron chi connectivity index (χ4n) is 3.75. The summed E-state index contributed by atoms with van der Waals surface area (Å²) >= 11 is 0. The third-order valence-corrected chi connectivity index (χ3v) is 4.67. The first-order chi connectivity index (χ1) is 8.04. The van der Waals surface area contributed by atoms with Crippen LogP contribution in [0, 0.1) is 24.6 Å². The number of benzene rings is 1. The highest BCUT2D eigenvalue weighted by molar-refractivity contribution is 5.75. The molecule has 3 fully saturated rings. The summed E-state index contributed by atoms with van der Waals surface area (Å²) in [6, 6.07) is 5.19. The van der Waals surface area contributed by atoms with Gasteiger partial charge in [-0.05, 0) is 49.3 Å². The minimum Gasteiger partial charge on any atom is -0.481 e. The van der Waals surface area contributed by atoms with Crippen LogP contribution in [-0.2, 0) is 10.2 Å². The molecule has 1 aromatic rings. The third-order valence-electron chi connectivity index (χ3n) is 4.67. The highest BCUT2D eigenvalue weighted by Crippen LogP contribution is 2.64. The lowest BCUT2D eigenvalue weighted by atomic mass is 9.57. The molecule has 0 amide bonds. The molecule has 3 aliphatic rings. The second-order valence-electron chi connectivity index (χ2n) is 5.44. The van der Waals surface area contributed by atoms with Gasteiger partial charge >= 0.3 is 5.97 Å². The van der Waals surface area contributed by atoms with Crippen molar-refractivity contribution >= 4 is 5.97 Å². The van der Waals surface area contributed by atoms with Crippen LogP contribution in [0.4, 0.5) is 4.39 Å². The molecule has 3 saturated carbocycles. The van der Waals surface area contributed by atoms with Gasteiger partial charge in [-0.25, -0.2) is 4.39 Å². The normalized spacial score (nSPS) is 34.5. The smallest absolute Gasteiger partial charge is 0.307 e. The van der Waals surface area contributed by atoms with Crippen molar-refractivity contribution in [2.75, 3.05) is 0 Å². The lowest BCUT2D eigenvalue weighted by Gasteiger charge is -2.45. The maximum atomic E-state index is 13.6. The standard InChI is InChI=1S/C14H15FO2/c1-8-2-3-10(6-11(8)15)14-5-4-9(7-14)12(14)13(16)17/h2-3,6,9,12H,4-5,7H2,1H3,(H,16,17). The Hall–Kier alpha value is -1.38. The Morgan fingerprint density at radius 2 is 2.29 bits per heavy atom. The van der Waals surface area contributed by atoms with Gasteiger partial charge in [0.1, 0.15) is 5.82 Å². The van der Waals surface area contributed by atoms with Crippen LogP contribution in [0.2, 0.25) is 0 Å². The first-order valence-corrected chi connectivity index (χ1v) is 6.04. The highest BCUT2D eigenvalue weighted by atomic mass is 19.1. The Morgan fingerprint density at radius 1 is 1.53 bits per heavy atom. The number of halogens is 1. The summed E-state index contributed by atoms with van der Waals surface area (Å²) in [4.78, 5) is 11.3. The van der Waals surface area contributed by atoms with Crippen LogP contribution in [0.1, 0.15) is 30.4 Å². The lowest BCUT2D eigenvalue weighted by Crippen LogP contribution is -2.48. The van der Waals surface area contributed by atoms with E-state index in [0.29, 0.717) is 11.5 Å². The molecule has 4 rings (SSSR count). The van der Waals surface area contributed by atoms with E-state index < -0.39 is 5.97 Å². The van der Waals surface area contributed by atoms with Gasteiger partial charge in [0.2, 0.25) is 0 Å². The van der Waals surface area contributed by atoms with Gasteiger partial charge in [-0.3, -0.25) is 4.79 Å². The molecule has 90 valence electrons. The van der Waals surface area contributed by atoms with E-state index in [4.69, 9.17) is 0 Å². The molecule has 3 aliphatic carbocycles. The van der Waals surface area contributed by atoms with Gasteiger partial charge < -0.3 is 5.11 Å². The molecule has 2 bridgehead atoms. The number of aryl methyl sites for hydroxylation is 1. The molecular formula is C14H15FO2. The summed E-state index contributed by atoms with van der Waals surface area (Å²) in [5, 5.41) is 9.27. The van der Waals surface area contributed by atoms with E-state index in [2.05, 4.69) is 0 Å². The summed E-state index contributed by atoms with van der Waals surface area (Å²) in [6.45, 7) is 1.73.